The fourth-order valence-electron chi connectivity index (χ4n) is 1.46. The van der Waals surface area contributed by atoms with Gasteiger partial charge >= 0.3 is 11.7 Å². The van der Waals surface area contributed by atoms with E-state index in [1.54, 1.807) is 6.07 Å². The van der Waals surface area contributed by atoms with Crippen LogP contribution in [0.1, 0.15) is 19.5 Å². The molecule has 0 saturated carbocycles. The molecule has 2 N–H and O–H groups in total. The van der Waals surface area contributed by atoms with Crippen LogP contribution in [-0.2, 0) is 11.2 Å². The lowest BCUT2D eigenvalue weighted by Gasteiger charge is -2.19. The molecule has 0 aromatic carbocycles. The maximum absolute atomic E-state index is 11.2. The molecule has 0 radical (unpaired) electrons. The van der Waals surface area contributed by atoms with Crippen molar-refractivity contribution in [2.75, 3.05) is 18.0 Å². The first-order valence-electron chi connectivity index (χ1n) is 5.13. The Morgan fingerprint density at radius 3 is 2.62 bits per heavy atom. The van der Waals surface area contributed by atoms with Crippen molar-refractivity contribution in [3.05, 3.63) is 22.2 Å². The average Bonchev–Trinajstić information content (AvgIpc) is 2.17. The minimum atomic E-state index is -0.979. The number of aromatic nitrogens is 2. The zero-order chi connectivity index (χ0) is 12.1. The summed E-state index contributed by atoms with van der Waals surface area (Å²) in [7, 11) is 0. The van der Waals surface area contributed by atoms with E-state index in [9.17, 15) is 9.59 Å². The van der Waals surface area contributed by atoms with Gasteiger partial charge in [0.25, 0.3) is 0 Å². The molecule has 0 aliphatic carbocycles. The molecule has 0 amide bonds. The fourth-order valence-corrected chi connectivity index (χ4v) is 1.46. The van der Waals surface area contributed by atoms with Crippen LogP contribution in [0.5, 0.6) is 0 Å². The predicted molar refractivity (Wildman–Crippen MR) is 59.8 cm³/mol. The molecular weight excluding hydrogens is 210 g/mol. The monoisotopic (exact) mass is 225 g/mol. The Morgan fingerprint density at radius 2 is 2.12 bits per heavy atom. The highest BCUT2D eigenvalue weighted by atomic mass is 16.4. The van der Waals surface area contributed by atoms with Gasteiger partial charge in [-0.05, 0) is 13.8 Å². The first-order chi connectivity index (χ1) is 7.56. The minimum Gasteiger partial charge on any atom is -0.481 e. The van der Waals surface area contributed by atoms with Gasteiger partial charge < -0.3 is 15.0 Å². The van der Waals surface area contributed by atoms with Gasteiger partial charge in [-0.15, -0.1) is 0 Å². The minimum absolute atomic E-state index is 0.202. The van der Waals surface area contributed by atoms with Crippen LogP contribution in [0.3, 0.4) is 0 Å². The van der Waals surface area contributed by atoms with Gasteiger partial charge in [-0.3, -0.25) is 4.79 Å². The molecule has 0 bridgehead atoms. The van der Waals surface area contributed by atoms with Crippen molar-refractivity contribution >= 4 is 11.8 Å². The third-order valence-corrected chi connectivity index (χ3v) is 2.22. The number of anilines is 1. The van der Waals surface area contributed by atoms with Gasteiger partial charge in [0.05, 0.1) is 6.42 Å². The highest BCUT2D eigenvalue weighted by Crippen LogP contribution is 2.09. The SMILES string of the molecule is CCN(CC)c1cc(CC(=O)O)[nH]c(=O)n1. The van der Waals surface area contributed by atoms with Gasteiger partial charge in [-0.1, -0.05) is 0 Å². The van der Waals surface area contributed by atoms with E-state index < -0.39 is 11.7 Å². The number of carbonyl (C=O) groups is 1. The van der Waals surface area contributed by atoms with Crippen molar-refractivity contribution in [3.63, 3.8) is 0 Å². The van der Waals surface area contributed by atoms with E-state index in [1.165, 1.54) is 0 Å². The normalized spacial score (nSPS) is 10.1. The molecule has 1 heterocycles. The lowest BCUT2D eigenvalue weighted by Crippen LogP contribution is -2.27. The summed E-state index contributed by atoms with van der Waals surface area (Å²) in [5.74, 6) is -0.461. The summed E-state index contributed by atoms with van der Waals surface area (Å²) in [6.45, 7) is 5.34. The Morgan fingerprint density at radius 1 is 1.50 bits per heavy atom. The molecule has 6 nitrogen and oxygen atoms in total. The molecule has 0 fully saturated rings. The van der Waals surface area contributed by atoms with Crippen molar-refractivity contribution in [1.29, 1.82) is 0 Å². The third kappa shape index (κ3) is 3.08. The van der Waals surface area contributed by atoms with E-state index in [0.29, 0.717) is 11.5 Å². The van der Waals surface area contributed by atoms with Gasteiger partial charge in [0, 0.05) is 24.8 Å². The molecule has 0 spiro atoms. The molecule has 0 atom stereocenters. The Labute approximate surface area is 92.9 Å². The van der Waals surface area contributed by atoms with Crippen molar-refractivity contribution in [1.82, 2.24) is 9.97 Å². The van der Waals surface area contributed by atoms with Gasteiger partial charge in [0.2, 0.25) is 0 Å². The quantitative estimate of drug-likeness (QED) is 0.749. The Bertz CT molecular complexity index is 424. The van der Waals surface area contributed by atoms with Crippen molar-refractivity contribution < 1.29 is 9.90 Å². The maximum Gasteiger partial charge on any atom is 0.347 e. The van der Waals surface area contributed by atoms with Crippen LogP contribution in [0, 0.1) is 0 Å². The second kappa shape index (κ2) is 5.29. The molecule has 0 unspecified atom stereocenters. The lowest BCUT2D eigenvalue weighted by atomic mass is 10.3. The summed E-state index contributed by atoms with van der Waals surface area (Å²) in [6, 6.07) is 1.60. The number of carboxylic acids is 1. The number of H-pyrrole nitrogens is 1. The summed E-state index contributed by atoms with van der Waals surface area (Å²) in [6.07, 6.45) is -0.202. The number of nitrogens with zero attached hydrogens (tertiary/aromatic N) is 2. The van der Waals surface area contributed by atoms with Crippen LogP contribution in [0.25, 0.3) is 0 Å². The lowest BCUT2D eigenvalue weighted by molar-refractivity contribution is -0.136. The first-order valence-corrected chi connectivity index (χ1v) is 5.13. The number of hydrogen-bond donors (Lipinski definition) is 2. The molecule has 1 aromatic rings. The highest BCUT2D eigenvalue weighted by molar-refractivity contribution is 5.69. The Hall–Kier alpha value is -1.85. The molecule has 16 heavy (non-hydrogen) atoms. The van der Waals surface area contributed by atoms with E-state index >= 15 is 0 Å². The predicted octanol–water partition coefficient (Wildman–Crippen LogP) is 0.243. The van der Waals surface area contributed by atoms with E-state index in [-0.39, 0.29) is 6.42 Å². The molecule has 1 aromatic heterocycles. The van der Waals surface area contributed by atoms with E-state index in [1.807, 2.05) is 18.7 Å². The van der Waals surface area contributed by atoms with Crippen LogP contribution in [0.2, 0.25) is 0 Å². The maximum atomic E-state index is 11.2. The number of hydrogen-bond acceptors (Lipinski definition) is 4. The number of aromatic amines is 1. The van der Waals surface area contributed by atoms with E-state index in [0.717, 1.165) is 13.1 Å². The first kappa shape index (κ1) is 12.2. The number of nitrogens with one attached hydrogen (secondary N) is 1. The number of carboxylic acid groups (broad SMARTS) is 1. The van der Waals surface area contributed by atoms with Gasteiger partial charge in [-0.25, -0.2) is 4.79 Å². The van der Waals surface area contributed by atoms with Crippen molar-refractivity contribution in [2.24, 2.45) is 0 Å². The fraction of sp³-hybridized carbons (Fsp3) is 0.500. The van der Waals surface area contributed by atoms with Gasteiger partial charge in [0.15, 0.2) is 0 Å². The second-order valence-corrected chi connectivity index (χ2v) is 3.31. The highest BCUT2D eigenvalue weighted by Gasteiger charge is 2.08. The van der Waals surface area contributed by atoms with Crippen LogP contribution in [0.15, 0.2) is 10.9 Å². The molecule has 0 aliphatic heterocycles. The summed E-state index contributed by atoms with van der Waals surface area (Å²) in [5.41, 5.74) is -0.143. The van der Waals surface area contributed by atoms with Gasteiger partial charge in [0.1, 0.15) is 5.82 Å². The molecular formula is C10H15N3O3. The number of rotatable bonds is 5. The summed E-state index contributed by atoms with van der Waals surface area (Å²) < 4.78 is 0. The molecule has 6 heteroatoms. The standard InChI is InChI=1S/C10H15N3O3/c1-3-13(4-2)8-5-7(6-9(14)15)11-10(16)12-8/h5H,3-4,6H2,1-2H3,(H,14,15)(H,11,12,16). The summed E-state index contributed by atoms with van der Waals surface area (Å²) in [4.78, 5) is 29.9. The second-order valence-electron chi connectivity index (χ2n) is 3.31. The largest absolute Gasteiger partial charge is 0.481 e. The average molecular weight is 225 g/mol. The zero-order valence-corrected chi connectivity index (χ0v) is 9.36. The third-order valence-electron chi connectivity index (χ3n) is 2.22. The smallest absolute Gasteiger partial charge is 0.347 e. The number of aliphatic carboxylic acids is 1. The molecule has 88 valence electrons. The van der Waals surface area contributed by atoms with Crippen LogP contribution < -0.4 is 10.6 Å². The van der Waals surface area contributed by atoms with Crippen LogP contribution >= 0.6 is 0 Å². The van der Waals surface area contributed by atoms with Crippen LogP contribution in [-0.4, -0.2) is 34.1 Å². The van der Waals surface area contributed by atoms with Gasteiger partial charge in [-0.2, -0.15) is 4.98 Å². The molecule has 0 saturated heterocycles. The van der Waals surface area contributed by atoms with Crippen molar-refractivity contribution in [2.45, 2.75) is 20.3 Å². The Balaban J connectivity index is 3.06. The summed E-state index contributed by atoms with van der Waals surface area (Å²) >= 11 is 0. The zero-order valence-electron chi connectivity index (χ0n) is 9.36. The van der Waals surface area contributed by atoms with Crippen molar-refractivity contribution in [3.8, 4) is 0 Å². The topological polar surface area (TPSA) is 86.3 Å². The molecule has 0 aliphatic rings. The Kier molecular flexibility index (Phi) is 4.04. The summed E-state index contributed by atoms with van der Waals surface area (Å²) in [5, 5.41) is 8.65. The van der Waals surface area contributed by atoms with E-state index in [4.69, 9.17) is 5.11 Å². The van der Waals surface area contributed by atoms with E-state index in [2.05, 4.69) is 9.97 Å². The van der Waals surface area contributed by atoms with Crippen LogP contribution in [0.4, 0.5) is 5.82 Å². The molecule has 1 rings (SSSR count).